The number of allylic oxidation sites excluding steroid dienone is 1. The molecular formula is C25H20N2O5S2. The number of anilines is 1. The van der Waals surface area contributed by atoms with Crippen LogP contribution in [0, 0.1) is 5.92 Å². The molecule has 0 bridgehead atoms. The summed E-state index contributed by atoms with van der Waals surface area (Å²) in [6.07, 6.45) is 3.83. The number of carbonyl (C=O) groups excluding carboxylic acids is 3. The van der Waals surface area contributed by atoms with Gasteiger partial charge in [-0.1, -0.05) is 65.6 Å². The second-order valence-corrected chi connectivity index (χ2v) is 10.0. The standard InChI is InChI=1S/C25H20N2O5S2/c1-2-32-24(30)15-9-11-16(12-10-15)27-22(28)18-17(13-8-14-6-4-3-5-7-14)19-21(26-25(31)34-19)33-20(18)23(27)29/h3-13,17-18,20H,2H2,1H3,(H,26,31)/b13-8+. The first-order valence-corrected chi connectivity index (χ1v) is 12.5. The Morgan fingerprint density at radius 2 is 1.79 bits per heavy atom. The summed E-state index contributed by atoms with van der Waals surface area (Å²) in [5, 5.41) is -0.0139. The number of imide groups is 1. The quantitative estimate of drug-likeness (QED) is 0.426. The number of thioether (sulfide) groups is 1. The highest BCUT2D eigenvalue weighted by molar-refractivity contribution is 8.00. The lowest BCUT2D eigenvalue weighted by atomic mass is 9.88. The summed E-state index contributed by atoms with van der Waals surface area (Å²) in [6, 6.07) is 15.9. The van der Waals surface area contributed by atoms with E-state index in [9.17, 15) is 19.2 Å². The van der Waals surface area contributed by atoms with Gasteiger partial charge in [-0.15, -0.1) is 0 Å². The summed E-state index contributed by atoms with van der Waals surface area (Å²) in [7, 11) is 0. The molecule has 3 heterocycles. The Morgan fingerprint density at radius 3 is 2.50 bits per heavy atom. The van der Waals surface area contributed by atoms with Crippen molar-refractivity contribution in [3.8, 4) is 0 Å². The monoisotopic (exact) mass is 492 g/mol. The van der Waals surface area contributed by atoms with Crippen LogP contribution in [0.1, 0.15) is 33.6 Å². The van der Waals surface area contributed by atoms with Gasteiger partial charge in [0, 0.05) is 10.8 Å². The summed E-state index contributed by atoms with van der Waals surface area (Å²) in [5.74, 6) is -2.16. The van der Waals surface area contributed by atoms with E-state index in [4.69, 9.17) is 4.74 Å². The third kappa shape index (κ3) is 3.91. The van der Waals surface area contributed by atoms with Crippen molar-refractivity contribution in [2.24, 2.45) is 5.92 Å². The zero-order chi connectivity index (χ0) is 23.8. The molecule has 3 unspecified atom stereocenters. The van der Waals surface area contributed by atoms with Crippen molar-refractivity contribution in [3.63, 3.8) is 0 Å². The number of esters is 1. The van der Waals surface area contributed by atoms with E-state index >= 15 is 0 Å². The van der Waals surface area contributed by atoms with Crippen molar-refractivity contribution in [1.82, 2.24) is 4.98 Å². The topological polar surface area (TPSA) is 96.5 Å². The number of thiazole rings is 1. The first kappa shape index (κ1) is 22.4. The lowest BCUT2D eigenvalue weighted by Crippen LogP contribution is -2.31. The van der Waals surface area contributed by atoms with Crippen LogP contribution in [-0.4, -0.2) is 34.6 Å². The highest BCUT2D eigenvalue weighted by Crippen LogP contribution is 2.51. The third-order valence-corrected chi connectivity index (χ3v) is 8.22. The lowest BCUT2D eigenvalue weighted by molar-refractivity contribution is -0.122. The number of hydrogen-bond acceptors (Lipinski definition) is 7. The van der Waals surface area contributed by atoms with E-state index in [2.05, 4.69) is 4.98 Å². The number of nitrogens with zero attached hydrogens (tertiary/aromatic N) is 1. The average molecular weight is 493 g/mol. The number of amides is 2. The minimum atomic E-state index is -0.652. The lowest BCUT2D eigenvalue weighted by Gasteiger charge is -2.27. The molecule has 34 heavy (non-hydrogen) atoms. The number of benzene rings is 2. The van der Waals surface area contributed by atoms with E-state index in [1.807, 2.05) is 42.5 Å². The fraction of sp³-hybridized carbons (Fsp3) is 0.200. The number of H-pyrrole nitrogens is 1. The highest BCUT2D eigenvalue weighted by Gasteiger charge is 2.55. The molecule has 172 valence electrons. The van der Waals surface area contributed by atoms with Crippen LogP contribution in [0.2, 0.25) is 0 Å². The fourth-order valence-electron chi connectivity index (χ4n) is 4.26. The summed E-state index contributed by atoms with van der Waals surface area (Å²) >= 11 is 2.31. The molecule has 5 rings (SSSR count). The number of rotatable bonds is 5. The zero-order valence-electron chi connectivity index (χ0n) is 18.1. The summed E-state index contributed by atoms with van der Waals surface area (Å²) in [5.41, 5.74) is 1.71. The first-order chi connectivity index (χ1) is 16.5. The Bertz CT molecular complexity index is 1340. The molecular weight excluding hydrogens is 472 g/mol. The zero-order valence-corrected chi connectivity index (χ0v) is 19.7. The Kier molecular flexibility index (Phi) is 5.97. The van der Waals surface area contributed by atoms with E-state index in [1.165, 1.54) is 16.7 Å². The summed E-state index contributed by atoms with van der Waals surface area (Å²) < 4.78 is 5.00. The average Bonchev–Trinajstić information content (AvgIpc) is 3.34. The van der Waals surface area contributed by atoms with Crippen molar-refractivity contribution in [2.45, 2.75) is 23.1 Å². The molecule has 2 aromatic carbocycles. The van der Waals surface area contributed by atoms with Gasteiger partial charge in [-0.05, 0) is 36.8 Å². The molecule has 0 saturated carbocycles. The van der Waals surface area contributed by atoms with Gasteiger partial charge in [0.05, 0.1) is 28.8 Å². The first-order valence-electron chi connectivity index (χ1n) is 10.8. The van der Waals surface area contributed by atoms with Crippen LogP contribution in [0.5, 0.6) is 0 Å². The van der Waals surface area contributed by atoms with Crippen LogP contribution in [0.25, 0.3) is 6.08 Å². The molecule has 1 saturated heterocycles. The van der Waals surface area contributed by atoms with Gasteiger partial charge in [-0.25, -0.2) is 9.69 Å². The van der Waals surface area contributed by atoms with Gasteiger partial charge in [-0.3, -0.25) is 14.4 Å². The molecule has 1 fully saturated rings. The Hall–Kier alpha value is -3.43. The second-order valence-electron chi connectivity index (χ2n) is 7.85. The summed E-state index contributed by atoms with van der Waals surface area (Å²) in [4.78, 5) is 55.6. The molecule has 9 heteroatoms. The van der Waals surface area contributed by atoms with Crippen LogP contribution >= 0.6 is 23.1 Å². The number of hydrogen-bond donors (Lipinski definition) is 1. The van der Waals surface area contributed by atoms with Crippen molar-refractivity contribution in [3.05, 3.63) is 86.3 Å². The number of nitrogens with one attached hydrogen (secondary N) is 1. The Morgan fingerprint density at radius 1 is 1.06 bits per heavy atom. The van der Waals surface area contributed by atoms with Crippen LogP contribution < -0.4 is 9.77 Å². The number of ether oxygens (including phenoxy) is 1. The third-order valence-electron chi connectivity index (χ3n) is 5.80. The van der Waals surface area contributed by atoms with Crippen molar-refractivity contribution < 1.29 is 19.1 Å². The van der Waals surface area contributed by atoms with Gasteiger partial charge in [-0.2, -0.15) is 0 Å². The van der Waals surface area contributed by atoms with Crippen molar-refractivity contribution in [2.75, 3.05) is 11.5 Å². The smallest absolute Gasteiger partial charge is 0.338 e. The molecule has 1 aromatic heterocycles. The Labute approximate surface area is 203 Å². The van der Waals surface area contributed by atoms with Crippen LogP contribution in [-0.2, 0) is 14.3 Å². The van der Waals surface area contributed by atoms with E-state index in [0.717, 1.165) is 21.8 Å². The maximum atomic E-state index is 13.6. The van der Waals surface area contributed by atoms with Crippen molar-refractivity contribution in [1.29, 1.82) is 0 Å². The van der Waals surface area contributed by atoms with Gasteiger partial charge < -0.3 is 9.72 Å². The molecule has 0 aliphatic carbocycles. The van der Waals surface area contributed by atoms with Gasteiger partial charge in [0.15, 0.2) is 0 Å². The van der Waals surface area contributed by atoms with Crippen LogP contribution in [0.3, 0.4) is 0 Å². The normalized spacial score (nSPS) is 21.6. The molecule has 2 aliphatic rings. The number of aromatic amines is 1. The van der Waals surface area contributed by atoms with Crippen molar-refractivity contribution >= 4 is 52.6 Å². The number of aromatic nitrogens is 1. The van der Waals surface area contributed by atoms with Crippen LogP contribution in [0.4, 0.5) is 5.69 Å². The molecule has 1 N–H and O–H groups in total. The molecule has 2 aliphatic heterocycles. The van der Waals surface area contributed by atoms with E-state index in [1.54, 1.807) is 31.2 Å². The molecule has 3 aromatic rings. The largest absolute Gasteiger partial charge is 0.462 e. The van der Waals surface area contributed by atoms with E-state index < -0.39 is 23.1 Å². The molecule has 7 nitrogen and oxygen atoms in total. The molecule has 0 radical (unpaired) electrons. The van der Waals surface area contributed by atoms with Crippen LogP contribution in [0.15, 0.2) is 70.5 Å². The minimum absolute atomic E-state index is 0.207. The predicted octanol–water partition coefficient (Wildman–Crippen LogP) is 4.07. The van der Waals surface area contributed by atoms with E-state index in [-0.39, 0.29) is 23.3 Å². The van der Waals surface area contributed by atoms with E-state index in [0.29, 0.717) is 16.3 Å². The molecule has 2 amide bonds. The second kappa shape index (κ2) is 9.08. The molecule has 3 atom stereocenters. The molecule has 0 spiro atoms. The maximum absolute atomic E-state index is 13.6. The highest BCUT2D eigenvalue weighted by atomic mass is 32.2. The number of fused-ring (bicyclic) bond motifs is 2. The predicted molar refractivity (Wildman–Crippen MR) is 131 cm³/mol. The van der Waals surface area contributed by atoms with Gasteiger partial charge >= 0.3 is 10.8 Å². The van der Waals surface area contributed by atoms with Gasteiger partial charge in [0.1, 0.15) is 5.25 Å². The Balaban J connectivity index is 1.50. The maximum Gasteiger partial charge on any atom is 0.338 e. The minimum Gasteiger partial charge on any atom is -0.462 e. The summed E-state index contributed by atoms with van der Waals surface area (Å²) in [6.45, 7) is 1.98. The number of carbonyl (C=O) groups is 3. The van der Waals surface area contributed by atoms with Gasteiger partial charge in [0.2, 0.25) is 11.8 Å². The van der Waals surface area contributed by atoms with Gasteiger partial charge in [0.25, 0.3) is 0 Å². The SMILES string of the molecule is CCOC(=O)c1ccc(N2C(=O)C3Sc4[nH]c(=O)sc4C(/C=C/c4ccccc4)C3C2=O)cc1. The fourth-order valence-corrected chi connectivity index (χ4v) is 6.75.